The van der Waals surface area contributed by atoms with Gasteiger partial charge in [0.2, 0.25) is 12.0 Å². The zero-order chi connectivity index (χ0) is 10.1. The summed E-state index contributed by atoms with van der Waals surface area (Å²) < 4.78 is 15.3. The van der Waals surface area contributed by atoms with E-state index < -0.39 is 6.29 Å². The van der Waals surface area contributed by atoms with Gasteiger partial charge in [0, 0.05) is 13.2 Å². The molecule has 0 fully saturated rings. The van der Waals surface area contributed by atoms with E-state index in [2.05, 4.69) is 0 Å². The molecule has 0 saturated heterocycles. The quantitative estimate of drug-likeness (QED) is 0.341. The smallest absolute Gasteiger partial charge is 0.237 e. The Labute approximate surface area is 78.5 Å². The number of rotatable bonds is 7. The van der Waals surface area contributed by atoms with Crippen molar-refractivity contribution in [2.45, 2.75) is 27.1 Å². The van der Waals surface area contributed by atoms with E-state index in [1.807, 2.05) is 13.8 Å². The molecule has 0 aliphatic heterocycles. The van der Waals surface area contributed by atoms with Crippen LogP contribution in [0.25, 0.3) is 0 Å². The second-order valence-corrected chi connectivity index (χ2v) is 2.14. The van der Waals surface area contributed by atoms with Gasteiger partial charge in [-0.1, -0.05) is 0 Å². The number of ether oxygens (including phenoxy) is 3. The van der Waals surface area contributed by atoms with Gasteiger partial charge in [0.05, 0.1) is 6.61 Å². The highest BCUT2D eigenvalue weighted by Crippen LogP contribution is 2.07. The van der Waals surface area contributed by atoms with Gasteiger partial charge in [-0.2, -0.15) is 0 Å². The van der Waals surface area contributed by atoms with Crippen molar-refractivity contribution in [2.75, 3.05) is 19.8 Å². The van der Waals surface area contributed by atoms with Crippen molar-refractivity contribution in [3.63, 3.8) is 0 Å². The predicted molar refractivity (Wildman–Crippen MR) is 47.9 cm³/mol. The molecular formula is C9H16O4. The van der Waals surface area contributed by atoms with Crippen LogP contribution in [0.3, 0.4) is 0 Å². The molecule has 0 atom stereocenters. The van der Waals surface area contributed by atoms with E-state index in [0.717, 1.165) is 0 Å². The van der Waals surface area contributed by atoms with Crippen LogP contribution in [0.1, 0.15) is 20.8 Å². The summed E-state index contributed by atoms with van der Waals surface area (Å²) in [5.74, 6) is 1.74. The topological polar surface area (TPSA) is 44.8 Å². The van der Waals surface area contributed by atoms with Gasteiger partial charge in [0.25, 0.3) is 0 Å². The molecule has 0 spiro atoms. The minimum Gasteiger partial charge on any atom is -0.483 e. The number of hydrogen-bond donors (Lipinski definition) is 0. The van der Waals surface area contributed by atoms with Crippen LogP contribution in [0.2, 0.25) is 0 Å². The molecule has 4 heteroatoms. The Balaban J connectivity index is 4.21. The minimum atomic E-state index is -0.715. The lowest BCUT2D eigenvalue weighted by Gasteiger charge is -2.16. The SMILES string of the molecule is CCOC(=C=O)C(OCC)OCC. The fourth-order valence-corrected chi connectivity index (χ4v) is 0.803. The Morgan fingerprint density at radius 2 is 1.69 bits per heavy atom. The van der Waals surface area contributed by atoms with Crippen molar-refractivity contribution in [2.24, 2.45) is 0 Å². The molecule has 0 aromatic carbocycles. The molecule has 4 nitrogen and oxygen atoms in total. The highest BCUT2D eigenvalue weighted by molar-refractivity contribution is 5.50. The third-order valence-electron chi connectivity index (χ3n) is 1.25. The van der Waals surface area contributed by atoms with E-state index in [1.54, 1.807) is 12.9 Å². The molecule has 0 bridgehead atoms. The molecule has 0 aliphatic rings. The van der Waals surface area contributed by atoms with Crippen LogP contribution in [-0.2, 0) is 19.0 Å². The summed E-state index contributed by atoms with van der Waals surface area (Å²) in [6.07, 6.45) is -0.715. The summed E-state index contributed by atoms with van der Waals surface area (Å²) in [5.41, 5.74) is 0. The van der Waals surface area contributed by atoms with Crippen LogP contribution in [-0.4, -0.2) is 32.1 Å². The maximum Gasteiger partial charge on any atom is 0.237 e. The van der Waals surface area contributed by atoms with E-state index >= 15 is 0 Å². The van der Waals surface area contributed by atoms with Crippen molar-refractivity contribution in [3.8, 4) is 0 Å². The Hall–Kier alpha value is -0.830. The fourth-order valence-electron chi connectivity index (χ4n) is 0.803. The first-order chi connectivity index (χ1) is 6.29. The van der Waals surface area contributed by atoms with Gasteiger partial charge in [0.1, 0.15) is 0 Å². The van der Waals surface area contributed by atoms with Gasteiger partial charge in [-0.3, -0.25) is 0 Å². The first-order valence-corrected chi connectivity index (χ1v) is 4.41. The lowest BCUT2D eigenvalue weighted by molar-refractivity contribution is -0.134. The molecule has 0 saturated carbocycles. The van der Waals surface area contributed by atoms with E-state index in [4.69, 9.17) is 14.2 Å². The summed E-state index contributed by atoms with van der Waals surface area (Å²) in [5, 5.41) is 0. The zero-order valence-electron chi connectivity index (χ0n) is 8.33. The third kappa shape index (κ3) is 4.68. The Morgan fingerprint density at radius 3 is 2.00 bits per heavy atom. The summed E-state index contributed by atoms with van der Waals surface area (Å²) in [7, 11) is 0. The first kappa shape index (κ1) is 12.2. The second-order valence-electron chi connectivity index (χ2n) is 2.14. The number of carbonyl (C=O) groups excluding carboxylic acids is 1. The van der Waals surface area contributed by atoms with E-state index in [1.165, 1.54) is 0 Å². The molecule has 0 unspecified atom stereocenters. The Morgan fingerprint density at radius 1 is 1.15 bits per heavy atom. The van der Waals surface area contributed by atoms with Gasteiger partial charge in [-0.25, -0.2) is 4.79 Å². The monoisotopic (exact) mass is 188 g/mol. The van der Waals surface area contributed by atoms with Crippen LogP contribution in [0.5, 0.6) is 0 Å². The molecule has 0 aromatic heterocycles. The first-order valence-electron chi connectivity index (χ1n) is 4.41. The molecule has 0 aliphatic carbocycles. The highest BCUT2D eigenvalue weighted by Gasteiger charge is 2.16. The van der Waals surface area contributed by atoms with E-state index in [9.17, 15) is 4.79 Å². The Bertz CT molecular complexity index is 166. The lowest BCUT2D eigenvalue weighted by Crippen LogP contribution is -2.22. The highest BCUT2D eigenvalue weighted by atomic mass is 16.7. The van der Waals surface area contributed by atoms with Gasteiger partial charge in [-0.05, 0) is 20.8 Å². The molecular weight excluding hydrogens is 172 g/mol. The summed E-state index contributed by atoms with van der Waals surface area (Å²) in [6.45, 7) is 6.75. The van der Waals surface area contributed by atoms with Gasteiger partial charge in [-0.15, -0.1) is 0 Å². The normalized spacial score (nSPS) is 9.85. The average molecular weight is 188 g/mol. The molecule has 0 amide bonds. The maximum atomic E-state index is 10.4. The summed E-state index contributed by atoms with van der Waals surface area (Å²) >= 11 is 0. The average Bonchev–Trinajstić information content (AvgIpc) is 2.14. The molecule has 76 valence electrons. The van der Waals surface area contributed by atoms with Crippen LogP contribution >= 0.6 is 0 Å². The van der Waals surface area contributed by atoms with Crippen LogP contribution < -0.4 is 0 Å². The molecule has 0 N–H and O–H groups in total. The Kier molecular flexibility index (Phi) is 7.30. The standard InChI is InChI=1S/C9H16O4/c1-4-11-8(7-10)9(12-5-2)13-6-3/h9H,4-6H2,1-3H3. The van der Waals surface area contributed by atoms with E-state index in [0.29, 0.717) is 19.8 Å². The molecule has 0 rings (SSSR count). The van der Waals surface area contributed by atoms with Crippen molar-refractivity contribution < 1.29 is 19.0 Å². The summed E-state index contributed by atoms with van der Waals surface area (Å²) in [4.78, 5) is 10.4. The predicted octanol–water partition coefficient (Wildman–Crippen LogP) is 1.14. The van der Waals surface area contributed by atoms with Crippen LogP contribution in [0, 0.1) is 0 Å². The molecule has 0 aromatic rings. The largest absolute Gasteiger partial charge is 0.483 e. The molecule has 0 heterocycles. The van der Waals surface area contributed by atoms with Gasteiger partial charge >= 0.3 is 0 Å². The van der Waals surface area contributed by atoms with Crippen molar-refractivity contribution >= 4 is 5.94 Å². The van der Waals surface area contributed by atoms with Crippen molar-refractivity contribution in [3.05, 3.63) is 5.76 Å². The number of hydrogen-bond acceptors (Lipinski definition) is 4. The van der Waals surface area contributed by atoms with Crippen molar-refractivity contribution in [1.29, 1.82) is 0 Å². The van der Waals surface area contributed by atoms with Gasteiger partial charge in [0.15, 0.2) is 5.94 Å². The third-order valence-corrected chi connectivity index (χ3v) is 1.25. The van der Waals surface area contributed by atoms with Crippen molar-refractivity contribution in [1.82, 2.24) is 0 Å². The minimum absolute atomic E-state index is 0.0752. The van der Waals surface area contributed by atoms with Crippen LogP contribution in [0.4, 0.5) is 0 Å². The molecule has 0 radical (unpaired) electrons. The lowest BCUT2D eigenvalue weighted by atomic mass is 10.5. The summed E-state index contributed by atoms with van der Waals surface area (Å²) in [6, 6.07) is 0. The molecule has 13 heavy (non-hydrogen) atoms. The van der Waals surface area contributed by atoms with Crippen LogP contribution in [0.15, 0.2) is 5.76 Å². The van der Waals surface area contributed by atoms with Gasteiger partial charge < -0.3 is 14.2 Å². The zero-order valence-corrected chi connectivity index (χ0v) is 8.33. The maximum absolute atomic E-state index is 10.4. The second kappa shape index (κ2) is 7.80. The fraction of sp³-hybridized carbons (Fsp3) is 0.778. The van der Waals surface area contributed by atoms with E-state index in [-0.39, 0.29) is 5.76 Å².